The highest BCUT2D eigenvalue weighted by Crippen LogP contribution is 2.25. The van der Waals surface area contributed by atoms with E-state index < -0.39 is 0 Å². The molecule has 0 spiro atoms. The standard InChI is InChI=1S/C25H23BrN4O/c26-22-10-4-5-11-23(22)30-14-12-21(19-27)24(30)25(31)29-17-15-28(16-18-29)13-6-9-20-7-2-1-3-8-20/h1-12,14H,13,15-18H2/b9-6+. The monoisotopic (exact) mass is 474 g/mol. The third-order valence-electron chi connectivity index (χ3n) is 5.45. The second-order valence-corrected chi connectivity index (χ2v) is 8.27. The highest BCUT2D eigenvalue weighted by atomic mass is 79.9. The Balaban J connectivity index is 1.44. The fraction of sp³-hybridized carbons (Fsp3) is 0.200. The number of para-hydroxylation sites is 1. The molecule has 0 aliphatic carbocycles. The molecule has 6 heteroatoms. The van der Waals surface area contributed by atoms with Crippen molar-refractivity contribution in [1.29, 1.82) is 5.26 Å². The third-order valence-corrected chi connectivity index (χ3v) is 6.12. The van der Waals surface area contributed by atoms with E-state index in [0.29, 0.717) is 24.3 Å². The van der Waals surface area contributed by atoms with E-state index in [4.69, 9.17) is 0 Å². The zero-order chi connectivity index (χ0) is 21.6. The van der Waals surface area contributed by atoms with Gasteiger partial charge in [-0.25, -0.2) is 0 Å². The molecule has 1 fully saturated rings. The lowest BCUT2D eigenvalue weighted by molar-refractivity contribution is 0.0642. The smallest absolute Gasteiger partial charge is 0.272 e. The Morgan fingerprint density at radius 3 is 2.42 bits per heavy atom. The van der Waals surface area contributed by atoms with Crippen LogP contribution < -0.4 is 0 Å². The van der Waals surface area contributed by atoms with Gasteiger partial charge in [-0.1, -0.05) is 54.6 Å². The van der Waals surface area contributed by atoms with Gasteiger partial charge in [-0.2, -0.15) is 5.26 Å². The van der Waals surface area contributed by atoms with Crippen molar-refractivity contribution in [2.75, 3.05) is 32.7 Å². The summed E-state index contributed by atoms with van der Waals surface area (Å²) in [4.78, 5) is 17.5. The minimum atomic E-state index is -0.100. The Hall–Kier alpha value is -3.14. The minimum Gasteiger partial charge on any atom is -0.335 e. The number of halogens is 1. The molecule has 156 valence electrons. The van der Waals surface area contributed by atoms with E-state index in [9.17, 15) is 10.1 Å². The molecule has 0 N–H and O–H groups in total. The van der Waals surface area contributed by atoms with Crippen molar-refractivity contribution >= 4 is 27.9 Å². The number of piperazine rings is 1. The van der Waals surface area contributed by atoms with Gasteiger partial charge < -0.3 is 9.47 Å². The quantitative estimate of drug-likeness (QED) is 0.543. The number of hydrogen-bond donors (Lipinski definition) is 0. The molecule has 2 heterocycles. The molecule has 31 heavy (non-hydrogen) atoms. The summed E-state index contributed by atoms with van der Waals surface area (Å²) in [6.07, 6.45) is 6.08. The zero-order valence-electron chi connectivity index (χ0n) is 17.1. The SMILES string of the molecule is N#Cc1ccn(-c2ccccc2Br)c1C(=O)N1CCN(C/C=C/c2ccccc2)CC1. The molecule has 0 unspecified atom stereocenters. The van der Waals surface area contributed by atoms with Gasteiger partial charge in [-0.05, 0) is 39.7 Å². The first-order chi connectivity index (χ1) is 15.2. The van der Waals surface area contributed by atoms with Gasteiger partial charge in [0.15, 0.2) is 0 Å². The number of hydrogen-bond acceptors (Lipinski definition) is 3. The van der Waals surface area contributed by atoms with Crippen LogP contribution in [-0.2, 0) is 0 Å². The fourth-order valence-corrected chi connectivity index (χ4v) is 4.25. The summed E-state index contributed by atoms with van der Waals surface area (Å²) in [6, 6.07) is 21.8. The highest BCUT2D eigenvalue weighted by molar-refractivity contribution is 9.10. The molecule has 0 atom stereocenters. The highest BCUT2D eigenvalue weighted by Gasteiger charge is 2.27. The predicted octanol–water partition coefficient (Wildman–Crippen LogP) is 4.58. The lowest BCUT2D eigenvalue weighted by Crippen LogP contribution is -2.49. The van der Waals surface area contributed by atoms with E-state index in [2.05, 4.69) is 51.2 Å². The first-order valence-corrected chi connectivity index (χ1v) is 11.1. The van der Waals surface area contributed by atoms with Crippen LogP contribution in [0.1, 0.15) is 21.6 Å². The van der Waals surface area contributed by atoms with Crippen LogP contribution in [0.25, 0.3) is 11.8 Å². The second kappa shape index (κ2) is 9.78. The average Bonchev–Trinajstić information content (AvgIpc) is 3.24. The Kier molecular flexibility index (Phi) is 6.66. The minimum absolute atomic E-state index is 0.100. The van der Waals surface area contributed by atoms with Crippen LogP contribution in [0.2, 0.25) is 0 Å². The number of benzene rings is 2. The van der Waals surface area contributed by atoms with Crippen molar-refractivity contribution in [1.82, 2.24) is 14.4 Å². The summed E-state index contributed by atoms with van der Waals surface area (Å²) < 4.78 is 2.68. The van der Waals surface area contributed by atoms with Gasteiger partial charge in [0.1, 0.15) is 11.8 Å². The first kappa shape index (κ1) is 21.1. The summed E-state index contributed by atoms with van der Waals surface area (Å²) >= 11 is 3.55. The number of nitrogens with zero attached hydrogens (tertiary/aromatic N) is 4. The maximum Gasteiger partial charge on any atom is 0.272 e. The fourth-order valence-electron chi connectivity index (χ4n) is 3.77. The molecule has 1 aliphatic heterocycles. The van der Waals surface area contributed by atoms with E-state index in [0.717, 1.165) is 29.8 Å². The maximum absolute atomic E-state index is 13.4. The van der Waals surface area contributed by atoms with Crippen LogP contribution in [0.3, 0.4) is 0 Å². The Labute approximate surface area is 190 Å². The Bertz CT molecular complexity index is 1120. The summed E-state index contributed by atoms with van der Waals surface area (Å²) in [6.45, 7) is 3.76. The Morgan fingerprint density at radius 1 is 1.00 bits per heavy atom. The van der Waals surface area contributed by atoms with Crippen LogP contribution >= 0.6 is 15.9 Å². The molecule has 4 rings (SSSR count). The van der Waals surface area contributed by atoms with Gasteiger partial charge in [0.2, 0.25) is 0 Å². The normalized spacial score (nSPS) is 14.6. The first-order valence-electron chi connectivity index (χ1n) is 10.3. The van der Waals surface area contributed by atoms with Crippen LogP contribution in [0.5, 0.6) is 0 Å². The molecule has 1 aromatic heterocycles. The van der Waals surface area contributed by atoms with E-state index in [1.54, 1.807) is 16.8 Å². The molecule has 2 aromatic carbocycles. The van der Waals surface area contributed by atoms with Crippen LogP contribution in [0, 0.1) is 11.3 Å². The molecule has 1 aliphatic rings. The largest absolute Gasteiger partial charge is 0.335 e. The zero-order valence-corrected chi connectivity index (χ0v) is 18.7. The van der Waals surface area contributed by atoms with Crippen LogP contribution in [0.15, 0.2) is 77.4 Å². The lowest BCUT2D eigenvalue weighted by atomic mass is 10.2. The number of aromatic nitrogens is 1. The number of rotatable bonds is 5. The number of carbonyl (C=O) groups excluding carboxylic acids is 1. The molecule has 5 nitrogen and oxygen atoms in total. The van der Waals surface area contributed by atoms with Crippen molar-refractivity contribution in [2.45, 2.75) is 0 Å². The summed E-state index contributed by atoms with van der Waals surface area (Å²) in [7, 11) is 0. The van der Waals surface area contributed by atoms with Crippen LogP contribution in [-0.4, -0.2) is 53.0 Å². The molecule has 0 bridgehead atoms. The van der Waals surface area contributed by atoms with E-state index in [1.807, 2.05) is 47.4 Å². The number of nitriles is 1. The Morgan fingerprint density at radius 2 is 1.71 bits per heavy atom. The number of carbonyl (C=O) groups is 1. The van der Waals surface area contributed by atoms with E-state index in [1.165, 1.54) is 5.56 Å². The number of amides is 1. The molecular formula is C25H23BrN4O. The maximum atomic E-state index is 13.4. The van der Waals surface area contributed by atoms with Crippen molar-refractivity contribution in [3.05, 3.63) is 94.2 Å². The molecule has 1 amide bonds. The van der Waals surface area contributed by atoms with Crippen molar-refractivity contribution in [3.63, 3.8) is 0 Å². The van der Waals surface area contributed by atoms with E-state index in [-0.39, 0.29) is 5.91 Å². The van der Waals surface area contributed by atoms with Crippen molar-refractivity contribution in [3.8, 4) is 11.8 Å². The van der Waals surface area contributed by atoms with Crippen molar-refractivity contribution < 1.29 is 4.79 Å². The van der Waals surface area contributed by atoms with E-state index >= 15 is 0 Å². The summed E-state index contributed by atoms with van der Waals surface area (Å²) in [5.74, 6) is -0.100. The average molecular weight is 475 g/mol. The van der Waals surface area contributed by atoms with Crippen LogP contribution in [0.4, 0.5) is 0 Å². The van der Waals surface area contributed by atoms with Crippen molar-refractivity contribution in [2.24, 2.45) is 0 Å². The van der Waals surface area contributed by atoms with Gasteiger partial charge in [0.05, 0.1) is 11.3 Å². The third kappa shape index (κ3) is 4.79. The van der Waals surface area contributed by atoms with Gasteiger partial charge in [0, 0.05) is 43.4 Å². The molecule has 0 saturated carbocycles. The van der Waals surface area contributed by atoms with Gasteiger partial charge in [0.25, 0.3) is 5.91 Å². The summed E-state index contributed by atoms with van der Waals surface area (Å²) in [5, 5.41) is 9.57. The van der Waals surface area contributed by atoms with Gasteiger partial charge >= 0.3 is 0 Å². The summed E-state index contributed by atoms with van der Waals surface area (Å²) in [5.41, 5.74) is 2.85. The molecule has 1 saturated heterocycles. The molecular weight excluding hydrogens is 452 g/mol. The van der Waals surface area contributed by atoms with Gasteiger partial charge in [-0.15, -0.1) is 0 Å². The molecule has 0 radical (unpaired) electrons. The molecule has 3 aromatic rings. The lowest BCUT2D eigenvalue weighted by Gasteiger charge is -2.34. The second-order valence-electron chi connectivity index (χ2n) is 7.42. The topological polar surface area (TPSA) is 52.3 Å². The predicted molar refractivity (Wildman–Crippen MR) is 126 cm³/mol. The van der Waals surface area contributed by atoms with Gasteiger partial charge in [-0.3, -0.25) is 9.69 Å².